The van der Waals surface area contributed by atoms with E-state index in [1.54, 1.807) is 6.20 Å². The Morgan fingerprint density at radius 1 is 1.30 bits per heavy atom. The minimum atomic E-state index is -0.230. The fourth-order valence-corrected chi connectivity index (χ4v) is 3.27. The fraction of sp³-hybridized carbons (Fsp3) is 0.357. The first-order valence-electron chi connectivity index (χ1n) is 6.33. The number of nitrogens with zero attached hydrogens (tertiary/aromatic N) is 2. The predicted octanol–water partition coefficient (Wildman–Crippen LogP) is 4.78. The topological polar surface area (TPSA) is 43.8 Å². The molecule has 108 valence electrons. The number of benzene rings is 1. The van der Waals surface area contributed by atoms with E-state index in [2.05, 4.69) is 34.9 Å². The van der Waals surface area contributed by atoms with E-state index in [9.17, 15) is 0 Å². The van der Waals surface area contributed by atoms with Gasteiger partial charge in [-0.25, -0.2) is 0 Å². The summed E-state index contributed by atoms with van der Waals surface area (Å²) in [5.74, 6) is 0. The molecule has 0 saturated heterocycles. The Morgan fingerprint density at radius 2 is 1.90 bits per heavy atom. The van der Waals surface area contributed by atoms with Gasteiger partial charge in [0.1, 0.15) is 0 Å². The lowest BCUT2D eigenvalue weighted by atomic mass is 10.0. The molecule has 0 radical (unpaired) electrons. The zero-order chi connectivity index (χ0) is 14.9. The molecule has 0 spiro atoms. The summed E-state index contributed by atoms with van der Waals surface area (Å²) in [6.45, 7) is 4.14. The van der Waals surface area contributed by atoms with Crippen LogP contribution in [-0.2, 0) is 6.42 Å². The maximum absolute atomic E-state index is 6.34. The minimum Gasteiger partial charge on any atom is -0.322 e. The van der Waals surface area contributed by atoms with Gasteiger partial charge in [0, 0.05) is 16.1 Å². The van der Waals surface area contributed by atoms with Crippen LogP contribution in [0.2, 0.25) is 10.0 Å². The average Bonchev–Trinajstić information content (AvgIpc) is 2.76. The lowest BCUT2D eigenvalue weighted by molar-refractivity contribution is 0.484. The van der Waals surface area contributed by atoms with Crippen LogP contribution in [0, 0.1) is 0 Å². The molecule has 0 amide bonds. The zero-order valence-electron chi connectivity index (χ0n) is 11.3. The molecule has 2 aromatic rings. The number of nitrogens with two attached hydrogens (primary N) is 1. The largest absolute Gasteiger partial charge is 0.322 e. The van der Waals surface area contributed by atoms with Gasteiger partial charge in [-0.1, -0.05) is 29.3 Å². The Bertz CT molecular complexity index is 590. The van der Waals surface area contributed by atoms with Crippen LogP contribution in [0.3, 0.4) is 0 Å². The molecule has 0 aliphatic heterocycles. The van der Waals surface area contributed by atoms with Gasteiger partial charge in [-0.05, 0) is 53.9 Å². The van der Waals surface area contributed by atoms with Crippen molar-refractivity contribution in [2.75, 3.05) is 0 Å². The van der Waals surface area contributed by atoms with Crippen LogP contribution in [-0.4, -0.2) is 9.78 Å². The summed E-state index contributed by atoms with van der Waals surface area (Å²) in [6.07, 6.45) is 2.33. The molecule has 0 aliphatic carbocycles. The van der Waals surface area contributed by atoms with Crippen LogP contribution in [0.4, 0.5) is 0 Å². The number of rotatable bonds is 4. The molecule has 6 heteroatoms. The SMILES string of the molecule is CC(C)n1ncc(Br)c1C(N)Cc1c(Cl)cccc1Cl. The number of hydrogen-bond donors (Lipinski definition) is 1. The quantitative estimate of drug-likeness (QED) is 0.834. The van der Waals surface area contributed by atoms with E-state index in [0.29, 0.717) is 16.5 Å². The Kier molecular flexibility index (Phi) is 5.13. The van der Waals surface area contributed by atoms with Gasteiger partial charge in [0.25, 0.3) is 0 Å². The smallest absolute Gasteiger partial charge is 0.0699 e. The first kappa shape index (κ1) is 15.8. The van der Waals surface area contributed by atoms with Gasteiger partial charge in [0.15, 0.2) is 0 Å². The van der Waals surface area contributed by atoms with Crippen molar-refractivity contribution in [3.63, 3.8) is 0 Å². The standard InChI is InChI=1S/C14H16BrCl2N3/c1-8(2)20-14(10(15)7-19-20)13(18)6-9-11(16)4-3-5-12(9)17/h3-5,7-8,13H,6,18H2,1-2H3. The summed E-state index contributed by atoms with van der Waals surface area (Å²) in [4.78, 5) is 0. The van der Waals surface area contributed by atoms with Crippen molar-refractivity contribution in [1.29, 1.82) is 0 Å². The molecule has 3 nitrogen and oxygen atoms in total. The summed E-state index contributed by atoms with van der Waals surface area (Å²) in [6, 6.07) is 5.48. The molecular formula is C14H16BrCl2N3. The summed E-state index contributed by atoms with van der Waals surface area (Å²) in [5, 5.41) is 5.62. The summed E-state index contributed by atoms with van der Waals surface area (Å²) in [5.41, 5.74) is 8.16. The van der Waals surface area contributed by atoms with Crippen molar-refractivity contribution in [1.82, 2.24) is 9.78 Å². The second-order valence-corrected chi connectivity index (χ2v) is 6.60. The molecule has 0 fully saturated rings. The molecule has 0 aliphatic rings. The molecule has 1 aromatic heterocycles. The highest BCUT2D eigenvalue weighted by molar-refractivity contribution is 9.10. The molecule has 1 unspecified atom stereocenters. The third kappa shape index (κ3) is 3.19. The monoisotopic (exact) mass is 375 g/mol. The van der Waals surface area contributed by atoms with Gasteiger partial charge in [-0.2, -0.15) is 5.10 Å². The summed E-state index contributed by atoms with van der Waals surface area (Å²) < 4.78 is 2.82. The second-order valence-electron chi connectivity index (χ2n) is 4.93. The predicted molar refractivity (Wildman–Crippen MR) is 87.4 cm³/mol. The molecular weight excluding hydrogens is 361 g/mol. The van der Waals surface area contributed by atoms with Crippen LogP contribution >= 0.6 is 39.1 Å². The van der Waals surface area contributed by atoms with Gasteiger partial charge in [0.2, 0.25) is 0 Å². The van der Waals surface area contributed by atoms with E-state index in [1.165, 1.54) is 0 Å². The maximum Gasteiger partial charge on any atom is 0.0699 e. The van der Waals surface area contributed by atoms with Crippen molar-refractivity contribution in [3.05, 3.63) is 50.2 Å². The zero-order valence-corrected chi connectivity index (χ0v) is 14.4. The van der Waals surface area contributed by atoms with Crippen molar-refractivity contribution in [2.45, 2.75) is 32.4 Å². The number of hydrogen-bond acceptors (Lipinski definition) is 2. The van der Waals surface area contributed by atoms with Gasteiger partial charge >= 0.3 is 0 Å². The molecule has 1 aromatic carbocycles. The van der Waals surface area contributed by atoms with Crippen LogP contribution < -0.4 is 5.73 Å². The van der Waals surface area contributed by atoms with Gasteiger partial charge in [-0.3, -0.25) is 4.68 Å². The lowest BCUT2D eigenvalue weighted by Gasteiger charge is -2.18. The van der Waals surface area contributed by atoms with Crippen molar-refractivity contribution in [3.8, 4) is 0 Å². The highest BCUT2D eigenvalue weighted by Gasteiger charge is 2.20. The summed E-state index contributed by atoms with van der Waals surface area (Å²) >= 11 is 15.9. The average molecular weight is 377 g/mol. The minimum absolute atomic E-state index is 0.230. The van der Waals surface area contributed by atoms with Crippen LogP contribution in [0.5, 0.6) is 0 Å². The molecule has 2 rings (SSSR count). The molecule has 20 heavy (non-hydrogen) atoms. The van der Waals surface area contributed by atoms with E-state index in [4.69, 9.17) is 28.9 Å². The first-order valence-corrected chi connectivity index (χ1v) is 7.88. The Morgan fingerprint density at radius 3 is 2.45 bits per heavy atom. The maximum atomic E-state index is 6.34. The van der Waals surface area contributed by atoms with E-state index in [0.717, 1.165) is 15.7 Å². The lowest BCUT2D eigenvalue weighted by Crippen LogP contribution is -2.20. The molecule has 2 N–H and O–H groups in total. The molecule has 0 bridgehead atoms. The van der Waals surface area contributed by atoms with Gasteiger partial charge in [-0.15, -0.1) is 0 Å². The molecule has 1 atom stereocenters. The van der Waals surface area contributed by atoms with E-state index >= 15 is 0 Å². The highest BCUT2D eigenvalue weighted by Crippen LogP contribution is 2.31. The fourth-order valence-electron chi connectivity index (χ4n) is 2.15. The number of halogens is 3. The third-order valence-electron chi connectivity index (χ3n) is 3.11. The van der Waals surface area contributed by atoms with E-state index < -0.39 is 0 Å². The van der Waals surface area contributed by atoms with Crippen LogP contribution in [0.1, 0.15) is 37.2 Å². The highest BCUT2D eigenvalue weighted by atomic mass is 79.9. The Balaban J connectivity index is 2.33. The van der Waals surface area contributed by atoms with Crippen molar-refractivity contribution < 1.29 is 0 Å². The third-order valence-corrected chi connectivity index (χ3v) is 4.43. The Labute approximate surface area is 137 Å². The first-order chi connectivity index (χ1) is 9.41. The van der Waals surface area contributed by atoms with E-state index in [1.807, 2.05) is 22.9 Å². The summed E-state index contributed by atoms with van der Waals surface area (Å²) in [7, 11) is 0. The number of aromatic nitrogens is 2. The van der Waals surface area contributed by atoms with Crippen LogP contribution in [0.25, 0.3) is 0 Å². The van der Waals surface area contributed by atoms with E-state index in [-0.39, 0.29) is 12.1 Å². The van der Waals surface area contributed by atoms with Crippen molar-refractivity contribution >= 4 is 39.1 Å². The molecule has 1 heterocycles. The normalized spacial score (nSPS) is 12.9. The second kappa shape index (κ2) is 6.48. The molecule has 0 saturated carbocycles. The van der Waals surface area contributed by atoms with Gasteiger partial charge < -0.3 is 5.73 Å². The van der Waals surface area contributed by atoms with Crippen LogP contribution in [0.15, 0.2) is 28.9 Å². The van der Waals surface area contributed by atoms with Crippen molar-refractivity contribution in [2.24, 2.45) is 5.73 Å². The Hall–Kier alpha value is -0.550. The van der Waals surface area contributed by atoms with Gasteiger partial charge in [0.05, 0.1) is 22.4 Å².